The van der Waals surface area contributed by atoms with Crippen LogP contribution in [0.15, 0.2) is 0 Å². The van der Waals surface area contributed by atoms with E-state index in [1.807, 2.05) is 13.8 Å². The second-order valence-electron chi connectivity index (χ2n) is 3.77. The molecule has 0 aromatic heterocycles. The molecule has 90 valence electrons. The molecule has 0 spiro atoms. The van der Waals surface area contributed by atoms with Crippen LogP contribution < -0.4 is 0 Å². The van der Waals surface area contributed by atoms with Gasteiger partial charge in [-0.15, -0.1) is 0 Å². The summed E-state index contributed by atoms with van der Waals surface area (Å²) >= 11 is 0. The molecule has 0 radical (unpaired) electrons. The molecule has 1 heterocycles. The molecule has 0 aliphatic carbocycles. The van der Waals surface area contributed by atoms with Gasteiger partial charge in [0.05, 0.1) is 25.9 Å². The van der Waals surface area contributed by atoms with Crippen LogP contribution in [-0.2, 0) is 18.3 Å². The Labute approximate surface area is 93.1 Å². The van der Waals surface area contributed by atoms with E-state index in [1.54, 1.807) is 0 Å². The fourth-order valence-corrected chi connectivity index (χ4v) is 4.44. The largest absolute Gasteiger partial charge is 0.395 e. The maximum Gasteiger partial charge on any atom is 0.337 e. The fourth-order valence-electron chi connectivity index (χ4n) is 1.84. The molecule has 0 bridgehead atoms. The third-order valence-corrected chi connectivity index (χ3v) is 5.38. The van der Waals surface area contributed by atoms with Gasteiger partial charge in [-0.1, -0.05) is 0 Å². The molecule has 0 aromatic rings. The molecule has 15 heavy (non-hydrogen) atoms. The molecule has 0 saturated carbocycles. The van der Waals surface area contributed by atoms with Crippen molar-refractivity contribution in [3.8, 4) is 0 Å². The molecular weight excluding hydrogens is 212 g/mol. The van der Waals surface area contributed by atoms with Gasteiger partial charge in [0.15, 0.2) is 0 Å². The lowest BCUT2D eigenvalue weighted by Gasteiger charge is -2.31. The highest BCUT2D eigenvalue weighted by molar-refractivity contribution is 6.66. The van der Waals surface area contributed by atoms with Crippen LogP contribution in [0.25, 0.3) is 0 Å². The molecule has 1 atom stereocenters. The molecule has 4 nitrogen and oxygen atoms in total. The summed E-state index contributed by atoms with van der Waals surface area (Å²) in [4.78, 5) is 0. The van der Waals surface area contributed by atoms with E-state index in [1.165, 1.54) is 0 Å². The van der Waals surface area contributed by atoms with Gasteiger partial charge in [-0.2, -0.15) is 0 Å². The van der Waals surface area contributed by atoms with Crippen molar-refractivity contribution in [2.24, 2.45) is 0 Å². The Hall–Kier alpha value is 0.0569. The molecular formula is C10H22O4Si. The van der Waals surface area contributed by atoms with Crippen LogP contribution in [0.1, 0.15) is 13.8 Å². The molecule has 1 rings (SSSR count). The lowest BCUT2D eigenvalue weighted by atomic mass is 10.4. The van der Waals surface area contributed by atoms with Crippen molar-refractivity contribution in [2.75, 3.05) is 33.0 Å². The normalized spacial score (nSPS) is 23.0. The monoisotopic (exact) mass is 234 g/mol. The maximum atomic E-state index is 5.75. The first-order valence-corrected chi connectivity index (χ1v) is 8.20. The predicted molar refractivity (Wildman–Crippen MR) is 60.2 cm³/mol. The van der Waals surface area contributed by atoms with Crippen LogP contribution in [0.4, 0.5) is 0 Å². The van der Waals surface area contributed by atoms with Crippen molar-refractivity contribution in [3.05, 3.63) is 0 Å². The minimum atomic E-state index is -2.04. The van der Waals surface area contributed by atoms with E-state index in [0.717, 1.165) is 6.04 Å². The Kier molecular flexibility index (Phi) is 5.77. The highest BCUT2D eigenvalue weighted by atomic mass is 28.4. The van der Waals surface area contributed by atoms with E-state index in [2.05, 4.69) is 6.55 Å². The predicted octanol–water partition coefficient (Wildman–Crippen LogP) is 1.55. The molecule has 1 fully saturated rings. The average molecular weight is 234 g/mol. The lowest BCUT2D eigenvalue weighted by Crippen LogP contribution is -2.45. The van der Waals surface area contributed by atoms with Crippen LogP contribution in [0.2, 0.25) is 12.6 Å². The molecule has 1 unspecified atom stereocenters. The summed E-state index contributed by atoms with van der Waals surface area (Å²) in [6, 6.07) is 0.856. The third-order valence-electron chi connectivity index (χ3n) is 2.38. The average Bonchev–Trinajstić information content (AvgIpc) is 2.19. The first kappa shape index (κ1) is 13.1. The molecule has 5 heteroatoms. The van der Waals surface area contributed by atoms with Crippen molar-refractivity contribution in [1.82, 2.24) is 0 Å². The van der Waals surface area contributed by atoms with Gasteiger partial charge < -0.3 is 18.3 Å². The summed E-state index contributed by atoms with van der Waals surface area (Å²) in [5.74, 6) is 0. The van der Waals surface area contributed by atoms with Crippen molar-refractivity contribution in [1.29, 1.82) is 0 Å². The molecule has 1 aliphatic heterocycles. The van der Waals surface area contributed by atoms with Crippen molar-refractivity contribution in [2.45, 2.75) is 32.5 Å². The topological polar surface area (TPSA) is 36.9 Å². The molecule has 0 aromatic carbocycles. The van der Waals surface area contributed by atoms with Crippen LogP contribution in [0, 0.1) is 0 Å². The van der Waals surface area contributed by atoms with Gasteiger partial charge in [0.2, 0.25) is 0 Å². The maximum absolute atomic E-state index is 5.75. The van der Waals surface area contributed by atoms with Crippen LogP contribution in [0.3, 0.4) is 0 Å². The summed E-state index contributed by atoms with van der Waals surface area (Å²) in [7, 11) is -2.04. The second kappa shape index (κ2) is 6.60. The quantitative estimate of drug-likeness (QED) is 0.653. The van der Waals surface area contributed by atoms with Gasteiger partial charge in [0.25, 0.3) is 0 Å². The van der Waals surface area contributed by atoms with Crippen molar-refractivity contribution < 1.29 is 18.3 Å². The number of hydrogen-bond acceptors (Lipinski definition) is 4. The Morgan fingerprint density at radius 2 is 1.87 bits per heavy atom. The molecule has 0 amide bonds. The van der Waals surface area contributed by atoms with E-state index < -0.39 is 8.56 Å². The first-order valence-electron chi connectivity index (χ1n) is 5.67. The van der Waals surface area contributed by atoms with Gasteiger partial charge in [0.1, 0.15) is 0 Å². The van der Waals surface area contributed by atoms with Crippen LogP contribution >= 0.6 is 0 Å². The molecule has 1 aliphatic rings. The third kappa shape index (κ3) is 4.61. The Balaban J connectivity index is 2.40. The number of hydrogen-bond donors (Lipinski definition) is 0. The molecule has 0 N–H and O–H groups in total. The van der Waals surface area contributed by atoms with E-state index >= 15 is 0 Å². The summed E-state index contributed by atoms with van der Waals surface area (Å²) in [5.41, 5.74) is 0. The summed E-state index contributed by atoms with van der Waals surface area (Å²) in [6.45, 7) is 9.57. The van der Waals surface area contributed by atoms with E-state index in [0.29, 0.717) is 33.0 Å². The number of ether oxygens (including phenoxy) is 2. The minimum Gasteiger partial charge on any atom is -0.395 e. The van der Waals surface area contributed by atoms with Crippen molar-refractivity contribution >= 4 is 8.56 Å². The van der Waals surface area contributed by atoms with Gasteiger partial charge in [-0.05, 0) is 20.4 Å². The van der Waals surface area contributed by atoms with E-state index in [4.69, 9.17) is 18.3 Å². The van der Waals surface area contributed by atoms with Crippen LogP contribution in [0.5, 0.6) is 0 Å². The van der Waals surface area contributed by atoms with Gasteiger partial charge >= 0.3 is 8.56 Å². The van der Waals surface area contributed by atoms with Crippen LogP contribution in [-0.4, -0.2) is 47.7 Å². The highest BCUT2D eigenvalue weighted by Gasteiger charge is 2.35. The van der Waals surface area contributed by atoms with E-state index in [9.17, 15) is 0 Å². The molecule has 1 saturated heterocycles. The zero-order chi connectivity index (χ0) is 11.1. The Bertz CT molecular complexity index is 165. The Morgan fingerprint density at radius 1 is 1.20 bits per heavy atom. The number of rotatable bonds is 6. The second-order valence-corrected chi connectivity index (χ2v) is 7.02. The minimum absolute atomic E-state index is 0.147. The Morgan fingerprint density at radius 3 is 2.33 bits per heavy atom. The van der Waals surface area contributed by atoms with E-state index in [-0.39, 0.29) is 6.10 Å². The standard InChI is InChI=1S/C10H22O4Si/c1-4-13-15(3,14-5-2)9-10-8-11-6-7-12-10/h10H,4-9H2,1-3H3. The fraction of sp³-hybridized carbons (Fsp3) is 1.00. The van der Waals surface area contributed by atoms with Gasteiger partial charge in [-0.3, -0.25) is 0 Å². The SMILES string of the molecule is CCO[Si](C)(CC1COCCO1)OCC. The summed E-state index contributed by atoms with van der Waals surface area (Å²) in [5, 5.41) is 0. The lowest BCUT2D eigenvalue weighted by molar-refractivity contribution is -0.0830. The van der Waals surface area contributed by atoms with Gasteiger partial charge in [0, 0.05) is 19.3 Å². The zero-order valence-electron chi connectivity index (χ0n) is 9.95. The summed E-state index contributed by atoms with van der Waals surface area (Å²) in [6.07, 6.45) is 0.147. The van der Waals surface area contributed by atoms with Crippen molar-refractivity contribution in [3.63, 3.8) is 0 Å². The smallest absolute Gasteiger partial charge is 0.337 e. The highest BCUT2D eigenvalue weighted by Crippen LogP contribution is 2.19. The van der Waals surface area contributed by atoms with Gasteiger partial charge in [-0.25, -0.2) is 0 Å². The summed E-state index contributed by atoms with van der Waals surface area (Å²) < 4.78 is 22.5. The first-order chi connectivity index (χ1) is 7.20. The zero-order valence-corrected chi connectivity index (χ0v) is 11.0.